The second-order valence-electron chi connectivity index (χ2n) is 6.31. The maximum Gasteiger partial charge on any atom is 0.234 e. The van der Waals surface area contributed by atoms with Crippen molar-refractivity contribution < 1.29 is 9.59 Å². The zero-order valence-electron chi connectivity index (χ0n) is 16.1. The second kappa shape index (κ2) is 8.99. The quantitative estimate of drug-likeness (QED) is 0.460. The molecule has 0 bridgehead atoms. The number of hydrogen-bond acceptors (Lipinski definition) is 7. The molecule has 0 aliphatic rings. The van der Waals surface area contributed by atoms with Gasteiger partial charge in [-0.1, -0.05) is 23.9 Å². The van der Waals surface area contributed by atoms with E-state index in [1.807, 2.05) is 42.6 Å². The highest BCUT2D eigenvalue weighted by Crippen LogP contribution is 2.26. The minimum atomic E-state index is -0.208. The molecule has 0 spiro atoms. The molecule has 0 unspecified atom stereocenters. The molecule has 1 amide bonds. The van der Waals surface area contributed by atoms with Crippen LogP contribution in [-0.4, -0.2) is 27.4 Å². The fraction of sp³-hybridized carbons (Fsp3) is 0.190. The number of thioether (sulfide) groups is 1. The molecule has 0 aliphatic carbocycles. The van der Waals surface area contributed by atoms with Gasteiger partial charge in [0.1, 0.15) is 11.1 Å². The van der Waals surface area contributed by atoms with Gasteiger partial charge in [0.15, 0.2) is 5.78 Å². The number of aryl methyl sites for hydroxylation is 2. The van der Waals surface area contributed by atoms with Gasteiger partial charge in [-0.2, -0.15) is 5.26 Å². The average molecular weight is 423 g/mol. The van der Waals surface area contributed by atoms with Gasteiger partial charge >= 0.3 is 0 Å². The molecule has 146 valence electrons. The van der Waals surface area contributed by atoms with Gasteiger partial charge in [-0.25, -0.2) is 9.97 Å². The third-order valence-corrected chi connectivity index (χ3v) is 5.84. The molecule has 0 fully saturated rings. The summed E-state index contributed by atoms with van der Waals surface area (Å²) in [4.78, 5) is 32.8. The van der Waals surface area contributed by atoms with Crippen molar-refractivity contribution >= 4 is 40.5 Å². The Hall–Kier alpha value is -3.02. The summed E-state index contributed by atoms with van der Waals surface area (Å²) < 4.78 is 0. The molecular formula is C21H18N4O2S2. The van der Waals surface area contributed by atoms with Crippen LogP contribution in [0.5, 0.6) is 0 Å². The molecule has 3 rings (SSSR count). The minimum absolute atomic E-state index is 0.0978. The number of ketones is 1. The average Bonchev–Trinajstić information content (AvgIpc) is 3.13. The number of thiazole rings is 1. The maximum atomic E-state index is 12.4. The summed E-state index contributed by atoms with van der Waals surface area (Å²) in [5.74, 6) is -0.253. The number of anilines is 1. The van der Waals surface area contributed by atoms with Crippen molar-refractivity contribution in [3.05, 3.63) is 57.5 Å². The van der Waals surface area contributed by atoms with E-state index in [-0.39, 0.29) is 17.4 Å². The van der Waals surface area contributed by atoms with E-state index in [0.29, 0.717) is 27.5 Å². The largest absolute Gasteiger partial charge is 0.325 e. The van der Waals surface area contributed by atoms with Gasteiger partial charge in [0.2, 0.25) is 5.91 Å². The van der Waals surface area contributed by atoms with E-state index in [4.69, 9.17) is 0 Å². The summed E-state index contributed by atoms with van der Waals surface area (Å²) in [7, 11) is 0. The molecule has 0 saturated heterocycles. The Balaban J connectivity index is 1.69. The van der Waals surface area contributed by atoms with E-state index >= 15 is 0 Å². The third-order valence-electron chi connectivity index (χ3n) is 4.08. The van der Waals surface area contributed by atoms with Crippen LogP contribution in [0.4, 0.5) is 5.69 Å². The molecule has 2 aromatic heterocycles. The maximum absolute atomic E-state index is 12.4. The van der Waals surface area contributed by atoms with Gasteiger partial charge in [0.05, 0.1) is 22.0 Å². The van der Waals surface area contributed by atoms with E-state index in [0.717, 1.165) is 16.3 Å². The van der Waals surface area contributed by atoms with Gasteiger partial charge in [-0.05, 0) is 39.0 Å². The molecule has 1 N–H and O–H groups in total. The van der Waals surface area contributed by atoms with Crippen molar-refractivity contribution in [2.75, 3.05) is 11.1 Å². The third kappa shape index (κ3) is 5.08. The van der Waals surface area contributed by atoms with Crippen molar-refractivity contribution in [2.45, 2.75) is 25.8 Å². The lowest BCUT2D eigenvalue weighted by Gasteiger charge is -2.09. The smallest absolute Gasteiger partial charge is 0.234 e. The van der Waals surface area contributed by atoms with E-state index < -0.39 is 0 Å². The van der Waals surface area contributed by atoms with Crippen LogP contribution in [-0.2, 0) is 4.79 Å². The van der Waals surface area contributed by atoms with Crippen LogP contribution in [0.25, 0.3) is 11.3 Å². The minimum Gasteiger partial charge on any atom is -0.325 e. The first-order valence-electron chi connectivity index (χ1n) is 8.75. The van der Waals surface area contributed by atoms with Crippen molar-refractivity contribution in [3.8, 4) is 17.3 Å². The number of carbonyl (C=O) groups excluding carboxylic acids is 2. The summed E-state index contributed by atoms with van der Waals surface area (Å²) in [5, 5.41) is 15.6. The number of hydrogen-bond donors (Lipinski definition) is 1. The van der Waals surface area contributed by atoms with Gasteiger partial charge in [0.25, 0.3) is 0 Å². The van der Waals surface area contributed by atoms with Crippen LogP contribution >= 0.6 is 23.1 Å². The van der Waals surface area contributed by atoms with Gasteiger partial charge in [-0.3, -0.25) is 9.59 Å². The SMILES string of the molecule is CC(=O)c1cc(C#N)c(SCC(=O)Nc2cccc(-c3csc(C)n3)c2)nc1C. The van der Waals surface area contributed by atoms with E-state index in [1.165, 1.54) is 24.8 Å². The second-order valence-corrected chi connectivity index (χ2v) is 8.34. The number of nitriles is 1. The Kier molecular flexibility index (Phi) is 6.42. The molecule has 3 aromatic rings. The highest BCUT2D eigenvalue weighted by molar-refractivity contribution is 8.00. The Bertz CT molecular complexity index is 1130. The highest BCUT2D eigenvalue weighted by Gasteiger charge is 2.14. The summed E-state index contributed by atoms with van der Waals surface area (Å²) >= 11 is 2.75. The first-order valence-corrected chi connectivity index (χ1v) is 10.6. The molecule has 6 nitrogen and oxygen atoms in total. The monoisotopic (exact) mass is 422 g/mol. The van der Waals surface area contributed by atoms with Crippen LogP contribution in [0, 0.1) is 25.2 Å². The lowest BCUT2D eigenvalue weighted by atomic mass is 10.1. The number of Topliss-reactive ketones (excluding diaryl/α,β-unsaturated/α-hetero) is 1. The number of pyridine rings is 1. The molecular weight excluding hydrogens is 404 g/mol. The number of nitrogens with zero attached hydrogens (tertiary/aromatic N) is 3. The zero-order valence-corrected chi connectivity index (χ0v) is 17.8. The van der Waals surface area contributed by atoms with Crippen LogP contribution < -0.4 is 5.32 Å². The zero-order chi connectivity index (χ0) is 21.0. The first-order chi connectivity index (χ1) is 13.9. The van der Waals surface area contributed by atoms with Crippen molar-refractivity contribution in [3.63, 3.8) is 0 Å². The Morgan fingerprint density at radius 3 is 2.69 bits per heavy atom. The number of nitrogens with one attached hydrogen (secondary N) is 1. The predicted octanol–water partition coefficient (Wildman–Crippen LogP) is 4.63. The van der Waals surface area contributed by atoms with Crippen molar-refractivity contribution in [1.29, 1.82) is 5.26 Å². The first kappa shape index (κ1) is 20.7. The topological polar surface area (TPSA) is 95.7 Å². The number of rotatable bonds is 6. The Morgan fingerprint density at radius 2 is 2.03 bits per heavy atom. The molecule has 0 radical (unpaired) electrons. The van der Waals surface area contributed by atoms with Crippen LogP contribution in [0.3, 0.4) is 0 Å². The lowest BCUT2D eigenvalue weighted by molar-refractivity contribution is -0.113. The van der Waals surface area contributed by atoms with E-state index in [2.05, 4.69) is 15.3 Å². The van der Waals surface area contributed by atoms with Gasteiger partial charge in [0, 0.05) is 27.9 Å². The molecule has 1 aromatic carbocycles. The molecule has 8 heteroatoms. The number of amides is 1. The van der Waals surface area contributed by atoms with Gasteiger partial charge in [-0.15, -0.1) is 11.3 Å². The van der Waals surface area contributed by atoms with Crippen LogP contribution in [0.15, 0.2) is 40.7 Å². The standard InChI is InChI=1S/C21H18N4O2S2/c1-12-18(13(2)26)8-16(9-22)21(23-12)29-11-20(27)25-17-6-4-5-15(7-17)19-10-28-14(3)24-19/h4-8,10H,11H2,1-3H3,(H,25,27). The van der Waals surface area contributed by atoms with E-state index in [1.54, 1.807) is 18.3 Å². The number of benzene rings is 1. The summed E-state index contributed by atoms with van der Waals surface area (Å²) in [6.45, 7) is 5.10. The molecule has 0 atom stereocenters. The molecule has 0 saturated carbocycles. The fourth-order valence-electron chi connectivity index (χ4n) is 2.71. The Morgan fingerprint density at radius 1 is 1.24 bits per heavy atom. The summed E-state index contributed by atoms with van der Waals surface area (Å²) in [6.07, 6.45) is 0. The fourth-order valence-corrected chi connectivity index (χ4v) is 4.14. The van der Waals surface area contributed by atoms with Crippen LogP contribution in [0.2, 0.25) is 0 Å². The summed E-state index contributed by atoms with van der Waals surface area (Å²) in [5.41, 5.74) is 3.75. The normalized spacial score (nSPS) is 10.4. The van der Waals surface area contributed by atoms with Gasteiger partial charge < -0.3 is 5.32 Å². The lowest BCUT2D eigenvalue weighted by Crippen LogP contribution is -2.14. The number of aromatic nitrogens is 2. The highest BCUT2D eigenvalue weighted by atomic mass is 32.2. The predicted molar refractivity (Wildman–Crippen MR) is 115 cm³/mol. The van der Waals surface area contributed by atoms with E-state index in [9.17, 15) is 14.9 Å². The molecule has 2 heterocycles. The molecule has 0 aliphatic heterocycles. The summed E-state index contributed by atoms with van der Waals surface area (Å²) in [6, 6.07) is 11.1. The number of carbonyl (C=O) groups is 2. The molecule has 29 heavy (non-hydrogen) atoms. The van der Waals surface area contributed by atoms with Crippen LogP contribution in [0.1, 0.15) is 33.5 Å². The Labute approximate surface area is 177 Å². The van der Waals surface area contributed by atoms with Crippen molar-refractivity contribution in [2.24, 2.45) is 0 Å². The van der Waals surface area contributed by atoms with Crippen molar-refractivity contribution in [1.82, 2.24) is 9.97 Å².